The minimum absolute atomic E-state index is 0.189. The van der Waals surface area contributed by atoms with Crippen LogP contribution in [-0.4, -0.2) is 29.5 Å². The fraction of sp³-hybridized carbons (Fsp3) is 0.727. The summed E-state index contributed by atoms with van der Waals surface area (Å²) in [5.74, 6) is 0. The summed E-state index contributed by atoms with van der Waals surface area (Å²) in [4.78, 5) is 0. The molecule has 1 rings (SSSR count). The van der Waals surface area contributed by atoms with E-state index in [9.17, 15) is 0 Å². The largest absolute Gasteiger partial charge is 0.380 e. The van der Waals surface area contributed by atoms with E-state index in [4.69, 9.17) is 10.5 Å². The molecule has 1 unspecified atom stereocenters. The van der Waals surface area contributed by atoms with E-state index in [1.807, 2.05) is 18.5 Å². The first-order valence-corrected chi connectivity index (χ1v) is 5.35. The van der Waals surface area contributed by atoms with Crippen molar-refractivity contribution in [2.24, 2.45) is 5.73 Å². The SMILES string of the molecule is COC(C)Cn1nc(C)c(CCN)c1C. The van der Waals surface area contributed by atoms with Gasteiger partial charge >= 0.3 is 0 Å². The molecule has 1 atom stereocenters. The van der Waals surface area contributed by atoms with Gasteiger partial charge in [0.2, 0.25) is 0 Å². The molecule has 0 saturated carbocycles. The zero-order valence-corrected chi connectivity index (χ0v) is 10.1. The Morgan fingerprint density at radius 3 is 2.67 bits per heavy atom. The quantitative estimate of drug-likeness (QED) is 0.791. The predicted octanol–water partition coefficient (Wildman–Crippen LogP) is 1.04. The Balaban J connectivity index is 2.86. The van der Waals surface area contributed by atoms with E-state index < -0.39 is 0 Å². The van der Waals surface area contributed by atoms with Gasteiger partial charge in [-0.15, -0.1) is 0 Å². The van der Waals surface area contributed by atoms with Gasteiger partial charge < -0.3 is 10.5 Å². The lowest BCUT2D eigenvalue weighted by Crippen LogP contribution is -2.17. The summed E-state index contributed by atoms with van der Waals surface area (Å²) in [5, 5.41) is 4.50. The van der Waals surface area contributed by atoms with Crippen molar-refractivity contribution in [1.82, 2.24) is 9.78 Å². The van der Waals surface area contributed by atoms with Crippen LogP contribution in [0.5, 0.6) is 0 Å². The van der Waals surface area contributed by atoms with E-state index in [1.165, 1.54) is 11.3 Å². The zero-order valence-electron chi connectivity index (χ0n) is 10.1. The molecular weight excluding hydrogens is 190 g/mol. The van der Waals surface area contributed by atoms with Gasteiger partial charge in [0.15, 0.2) is 0 Å². The number of methoxy groups -OCH3 is 1. The first kappa shape index (κ1) is 12.2. The second kappa shape index (κ2) is 5.28. The van der Waals surface area contributed by atoms with Crippen LogP contribution in [0.1, 0.15) is 23.9 Å². The van der Waals surface area contributed by atoms with Crippen molar-refractivity contribution in [3.05, 3.63) is 17.0 Å². The normalized spacial score (nSPS) is 13.1. The number of nitrogens with zero attached hydrogens (tertiary/aromatic N) is 2. The van der Waals surface area contributed by atoms with Crippen LogP contribution in [-0.2, 0) is 17.7 Å². The van der Waals surface area contributed by atoms with Gasteiger partial charge in [0.25, 0.3) is 0 Å². The molecule has 0 aromatic carbocycles. The van der Waals surface area contributed by atoms with Gasteiger partial charge in [0.05, 0.1) is 18.3 Å². The molecule has 4 nitrogen and oxygen atoms in total. The van der Waals surface area contributed by atoms with E-state index in [0.29, 0.717) is 6.54 Å². The highest BCUT2D eigenvalue weighted by atomic mass is 16.5. The molecule has 0 bridgehead atoms. The first-order valence-electron chi connectivity index (χ1n) is 5.35. The van der Waals surface area contributed by atoms with Crippen LogP contribution >= 0.6 is 0 Å². The maximum Gasteiger partial charge on any atom is 0.0739 e. The molecule has 0 spiro atoms. The number of rotatable bonds is 5. The molecule has 4 heteroatoms. The third-order valence-electron chi connectivity index (χ3n) is 2.76. The molecule has 0 aliphatic heterocycles. The number of aromatic nitrogens is 2. The molecule has 15 heavy (non-hydrogen) atoms. The molecule has 0 aliphatic carbocycles. The smallest absolute Gasteiger partial charge is 0.0739 e. The Hall–Kier alpha value is -0.870. The number of hydrogen-bond donors (Lipinski definition) is 1. The summed E-state index contributed by atoms with van der Waals surface area (Å²) in [7, 11) is 1.72. The fourth-order valence-corrected chi connectivity index (χ4v) is 1.74. The third kappa shape index (κ3) is 2.79. The lowest BCUT2D eigenvalue weighted by atomic mass is 10.1. The Morgan fingerprint density at radius 2 is 2.13 bits per heavy atom. The Labute approximate surface area is 91.4 Å². The standard InChI is InChI=1S/C11H21N3O/c1-8(15-4)7-14-10(3)11(5-6-12)9(2)13-14/h8H,5-7,12H2,1-4H3. The van der Waals surface area contributed by atoms with Crippen LogP contribution in [0.4, 0.5) is 0 Å². The summed E-state index contributed by atoms with van der Waals surface area (Å²) >= 11 is 0. The lowest BCUT2D eigenvalue weighted by molar-refractivity contribution is 0.0991. The van der Waals surface area contributed by atoms with Crippen molar-refractivity contribution in [1.29, 1.82) is 0 Å². The van der Waals surface area contributed by atoms with E-state index >= 15 is 0 Å². The van der Waals surface area contributed by atoms with Crippen LogP contribution in [0.3, 0.4) is 0 Å². The second-order valence-corrected chi connectivity index (χ2v) is 3.92. The minimum Gasteiger partial charge on any atom is -0.380 e. The maximum atomic E-state index is 5.57. The van der Waals surface area contributed by atoms with Crippen molar-refractivity contribution in [3.63, 3.8) is 0 Å². The molecule has 0 aliphatic rings. The monoisotopic (exact) mass is 211 g/mol. The number of hydrogen-bond acceptors (Lipinski definition) is 3. The van der Waals surface area contributed by atoms with Crippen LogP contribution < -0.4 is 5.73 Å². The summed E-state index contributed by atoms with van der Waals surface area (Å²) < 4.78 is 7.24. The van der Waals surface area contributed by atoms with Crippen molar-refractivity contribution in [2.75, 3.05) is 13.7 Å². The van der Waals surface area contributed by atoms with Gasteiger partial charge in [-0.3, -0.25) is 4.68 Å². The van der Waals surface area contributed by atoms with Gasteiger partial charge in [-0.05, 0) is 39.3 Å². The molecule has 1 aromatic rings. The molecule has 1 aromatic heterocycles. The summed E-state index contributed by atoms with van der Waals surface area (Å²) in [6, 6.07) is 0. The first-order chi connectivity index (χ1) is 7.10. The number of ether oxygens (including phenoxy) is 1. The van der Waals surface area contributed by atoms with Crippen molar-refractivity contribution < 1.29 is 4.74 Å². The van der Waals surface area contributed by atoms with E-state index in [-0.39, 0.29) is 6.10 Å². The van der Waals surface area contributed by atoms with Gasteiger partial charge in [0.1, 0.15) is 0 Å². The van der Waals surface area contributed by atoms with E-state index in [1.54, 1.807) is 7.11 Å². The van der Waals surface area contributed by atoms with E-state index in [0.717, 1.165) is 18.7 Å². The molecule has 0 radical (unpaired) electrons. The van der Waals surface area contributed by atoms with Crippen LogP contribution in [0, 0.1) is 13.8 Å². The highest BCUT2D eigenvalue weighted by Crippen LogP contribution is 2.13. The van der Waals surface area contributed by atoms with Gasteiger partial charge in [-0.2, -0.15) is 5.10 Å². The third-order valence-corrected chi connectivity index (χ3v) is 2.76. The predicted molar refractivity (Wildman–Crippen MR) is 60.9 cm³/mol. The zero-order chi connectivity index (χ0) is 11.4. The molecule has 0 amide bonds. The van der Waals surface area contributed by atoms with Crippen molar-refractivity contribution >= 4 is 0 Å². The molecule has 2 N–H and O–H groups in total. The molecular formula is C11H21N3O. The Morgan fingerprint density at radius 1 is 1.47 bits per heavy atom. The fourth-order valence-electron chi connectivity index (χ4n) is 1.74. The molecule has 86 valence electrons. The number of aryl methyl sites for hydroxylation is 1. The minimum atomic E-state index is 0.189. The Kier molecular flexibility index (Phi) is 4.29. The van der Waals surface area contributed by atoms with Crippen LogP contribution in [0.2, 0.25) is 0 Å². The molecule has 0 fully saturated rings. The highest BCUT2D eigenvalue weighted by molar-refractivity contribution is 5.24. The average molecular weight is 211 g/mol. The highest BCUT2D eigenvalue weighted by Gasteiger charge is 2.12. The van der Waals surface area contributed by atoms with Gasteiger partial charge in [-0.1, -0.05) is 0 Å². The van der Waals surface area contributed by atoms with Gasteiger partial charge in [0, 0.05) is 12.8 Å². The average Bonchev–Trinajstić information content (AvgIpc) is 2.46. The number of nitrogens with two attached hydrogens (primary N) is 1. The molecule has 0 saturated heterocycles. The summed E-state index contributed by atoms with van der Waals surface area (Å²) in [6.45, 7) is 7.64. The van der Waals surface area contributed by atoms with Crippen LogP contribution in [0.25, 0.3) is 0 Å². The second-order valence-electron chi connectivity index (χ2n) is 3.92. The molecule has 1 heterocycles. The summed E-state index contributed by atoms with van der Waals surface area (Å²) in [5.41, 5.74) is 9.15. The van der Waals surface area contributed by atoms with Gasteiger partial charge in [-0.25, -0.2) is 0 Å². The van der Waals surface area contributed by atoms with Crippen molar-refractivity contribution in [3.8, 4) is 0 Å². The van der Waals surface area contributed by atoms with Crippen molar-refractivity contribution in [2.45, 2.75) is 39.8 Å². The van der Waals surface area contributed by atoms with E-state index in [2.05, 4.69) is 12.0 Å². The summed E-state index contributed by atoms with van der Waals surface area (Å²) in [6.07, 6.45) is 1.09. The van der Waals surface area contributed by atoms with Crippen LogP contribution in [0.15, 0.2) is 0 Å². The maximum absolute atomic E-state index is 5.57. The lowest BCUT2D eigenvalue weighted by Gasteiger charge is -2.11. The topological polar surface area (TPSA) is 53.1 Å². The Bertz CT molecular complexity index is 320.